The fraction of sp³-hybridized carbons (Fsp3) is 0.647. The molecule has 1 saturated heterocycles. The number of hydrogen-bond acceptors (Lipinski definition) is 3. The Hall–Kier alpha value is -0.760. The standard InChI is InChI=1S/C17H24F4N2O.2ClH/c1-2-3-4-5-15(23-10-8-22-9-11-23)13-6-7-16(14(18)12-13)24-17(19,20)21;;/h6-7,12,15,22H,2-5,8-11H2,1H3;2*1H/t15-;;/m1../s1. The molecule has 1 aliphatic rings. The van der Waals surface area contributed by atoms with Crippen molar-refractivity contribution >= 4 is 24.8 Å². The molecule has 26 heavy (non-hydrogen) atoms. The number of hydrogen-bond donors (Lipinski definition) is 1. The van der Waals surface area contributed by atoms with Gasteiger partial charge in [0.05, 0.1) is 0 Å². The van der Waals surface area contributed by atoms with E-state index in [-0.39, 0.29) is 30.9 Å². The predicted molar refractivity (Wildman–Crippen MR) is 98.9 cm³/mol. The zero-order valence-corrected chi connectivity index (χ0v) is 16.3. The minimum atomic E-state index is -4.89. The van der Waals surface area contributed by atoms with E-state index in [2.05, 4.69) is 21.9 Å². The van der Waals surface area contributed by atoms with Gasteiger partial charge in [0, 0.05) is 32.2 Å². The summed E-state index contributed by atoms with van der Waals surface area (Å²) < 4.78 is 54.6. The number of alkyl halides is 3. The summed E-state index contributed by atoms with van der Waals surface area (Å²) in [6, 6.07) is 3.82. The van der Waals surface area contributed by atoms with E-state index in [1.165, 1.54) is 6.07 Å². The van der Waals surface area contributed by atoms with Gasteiger partial charge in [0.25, 0.3) is 0 Å². The number of nitrogens with one attached hydrogen (secondary N) is 1. The monoisotopic (exact) mass is 420 g/mol. The molecule has 0 amide bonds. The zero-order chi connectivity index (χ0) is 17.6. The third-order valence-electron chi connectivity index (χ3n) is 4.24. The molecule has 0 unspecified atom stereocenters. The molecule has 1 aliphatic heterocycles. The summed E-state index contributed by atoms with van der Waals surface area (Å²) in [5.41, 5.74) is 0.708. The van der Waals surface area contributed by atoms with E-state index in [1.807, 2.05) is 0 Å². The first kappa shape index (κ1) is 25.2. The molecule has 0 aromatic heterocycles. The van der Waals surface area contributed by atoms with Crippen LogP contribution in [-0.2, 0) is 0 Å². The Kier molecular flexibility index (Phi) is 11.5. The van der Waals surface area contributed by atoms with Crippen LogP contribution in [0.4, 0.5) is 17.6 Å². The van der Waals surface area contributed by atoms with E-state index in [4.69, 9.17) is 0 Å². The molecular weight excluding hydrogens is 395 g/mol. The van der Waals surface area contributed by atoms with E-state index < -0.39 is 17.9 Å². The maximum absolute atomic E-state index is 14.0. The van der Waals surface area contributed by atoms with E-state index in [1.54, 1.807) is 6.07 Å². The number of ether oxygens (including phenoxy) is 1. The van der Waals surface area contributed by atoms with Crippen molar-refractivity contribution in [1.29, 1.82) is 0 Å². The molecule has 0 bridgehead atoms. The average molecular weight is 421 g/mol. The molecule has 152 valence electrons. The van der Waals surface area contributed by atoms with Crippen LogP contribution >= 0.6 is 24.8 Å². The van der Waals surface area contributed by atoms with Gasteiger partial charge in [-0.25, -0.2) is 4.39 Å². The van der Waals surface area contributed by atoms with Crippen LogP contribution in [0.3, 0.4) is 0 Å². The van der Waals surface area contributed by atoms with Crippen LogP contribution < -0.4 is 10.1 Å². The summed E-state index contributed by atoms with van der Waals surface area (Å²) in [5, 5.41) is 3.27. The highest BCUT2D eigenvalue weighted by Gasteiger charge is 2.32. The maximum Gasteiger partial charge on any atom is 0.573 e. The van der Waals surface area contributed by atoms with Gasteiger partial charge in [0.15, 0.2) is 11.6 Å². The third kappa shape index (κ3) is 7.86. The molecule has 1 atom stereocenters. The molecule has 1 aromatic rings. The lowest BCUT2D eigenvalue weighted by molar-refractivity contribution is -0.275. The fourth-order valence-electron chi connectivity index (χ4n) is 3.07. The lowest BCUT2D eigenvalue weighted by Crippen LogP contribution is -2.45. The molecule has 9 heteroatoms. The molecule has 0 radical (unpaired) electrons. The van der Waals surface area contributed by atoms with Crippen molar-refractivity contribution in [3.8, 4) is 5.75 Å². The van der Waals surface area contributed by atoms with Gasteiger partial charge in [-0.05, 0) is 24.1 Å². The Morgan fingerprint density at radius 2 is 1.81 bits per heavy atom. The maximum atomic E-state index is 14.0. The Morgan fingerprint density at radius 1 is 1.15 bits per heavy atom. The smallest absolute Gasteiger partial charge is 0.403 e. The minimum absolute atomic E-state index is 0. The van der Waals surface area contributed by atoms with Gasteiger partial charge in [-0.2, -0.15) is 0 Å². The average Bonchev–Trinajstić information content (AvgIpc) is 2.53. The molecule has 0 spiro atoms. The minimum Gasteiger partial charge on any atom is -0.403 e. The van der Waals surface area contributed by atoms with Crippen molar-refractivity contribution in [2.45, 2.75) is 45.0 Å². The lowest BCUT2D eigenvalue weighted by Gasteiger charge is -2.35. The number of unbranched alkanes of at least 4 members (excludes halogenated alkanes) is 2. The molecule has 1 fully saturated rings. The summed E-state index contributed by atoms with van der Waals surface area (Å²) in [5.74, 6) is -1.75. The van der Waals surface area contributed by atoms with Gasteiger partial charge >= 0.3 is 6.36 Å². The summed E-state index contributed by atoms with van der Waals surface area (Å²) in [6.07, 6.45) is -0.844. The molecule has 2 rings (SSSR count). The largest absolute Gasteiger partial charge is 0.573 e. The summed E-state index contributed by atoms with van der Waals surface area (Å²) in [7, 11) is 0. The molecule has 0 saturated carbocycles. The third-order valence-corrected chi connectivity index (χ3v) is 4.24. The van der Waals surface area contributed by atoms with E-state index >= 15 is 0 Å². The molecule has 0 aliphatic carbocycles. The summed E-state index contributed by atoms with van der Waals surface area (Å²) >= 11 is 0. The molecule has 1 heterocycles. The number of piperazine rings is 1. The predicted octanol–water partition coefficient (Wildman–Crippen LogP) is 5.09. The SMILES string of the molecule is CCCCC[C@H](c1ccc(OC(F)(F)F)c(F)c1)N1CCNCC1.Cl.Cl. The van der Waals surface area contributed by atoms with Crippen LogP contribution in [0.5, 0.6) is 5.75 Å². The van der Waals surface area contributed by atoms with Gasteiger partial charge < -0.3 is 10.1 Å². The van der Waals surface area contributed by atoms with Crippen LogP contribution in [-0.4, -0.2) is 37.4 Å². The molecule has 1 N–H and O–H groups in total. The van der Waals surface area contributed by atoms with Crippen LogP contribution in [0.15, 0.2) is 18.2 Å². The van der Waals surface area contributed by atoms with Crippen molar-refractivity contribution in [3.63, 3.8) is 0 Å². The van der Waals surface area contributed by atoms with Crippen molar-refractivity contribution in [1.82, 2.24) is 10.2 Å². The van der Waals surface area contributed by atoms with Crippen LogP contribution in [0.1, 0.15) is 44.2 Å². The Labute approximate surface area is 164 Å². The van der Waals surface area contributed by atoms with Crippen molar-refractivity contribution in [2.75, 3.05) is 26.2 Å². The quantitative estimate of drug-likeness (QED) is 0.490. The first-order valence-electron chi connectivity index (χ1n) is 8.40. The van der Waals surface area contributed by atoms with Crippen molar-refractivity contribution < 1.29 is 22.3 Å². The highest BCUT2D eigenvalue weighted by Crippen LogP contribution is 2.32. The Balaban J connectivity index is 0.00000312. The van der Waals surface area contributed by atoms with Crippen molar-refractivity contribution in [2.24, 2.45) is 0 Å². The highest BCUT2D eigenvalue weighted by atomic mass is 35.5. The van der Waals surface area contributed by atoms with Crippen LogP contribution in [0.25, 0.3) is 0 Å². The zero-order valence-electron chi connectivity index (χ0n) is 14.7. The second-order valence-corrected chi connectivity index (χ2v) is 6.04. The Morgan fingerprint density at radius 3 is 2.35 bits per heavy atom. The first-order chi connectivity index (χ1) is 11.4. The van der Waals surface area contributed by atoms with E-state index in [0.29, 0.717) is 5.56 Å². The van der Waals surface area contributed by atoms with Gasteiger partial charge in [0.2, 0.25) is 0 Å². The topological polar surface area (TPSA) is 24.5 Å². The molecular formula is C17H26Cl2F4N2O. The fourth-order valence-corrected chi connectivity index (χ4v) is 3.07. The normalized spacial score (nSPS) is 16.3. The van der Waals surface area contributed by atoms with E-state index in [0.717, 1.165) is 57.9 Å². The number of rotatable bonds is 7. The van der Waals surface area contributed by atoms with Gasteiger partial charge in [-0.15, -0.1) is 38.0 Å². The lowest BCUT2D eigenvalue weighted by atomic mass is 9.98. The summed E-state index contributed by atoms with van der Waals surface area (Å²) in [4.78, 5) is 2.27. The highest BCUT2D eigenvalue weighted by molar-refractivity contribution is 5.85. The first-order valence-corrected chi connectivity index (χ1v) is 8.40. The van der Waals surface area contributed by atoms with Gasteiger partial charge in [-0.3, -0.25) is 4.90 Å². The molecule has 3 nitrogen and oxygen atoms in total. The second kappa shape index (κ2) is 11.8. The van der Waals surface area contributed by atoms with Gasteiger partial charge in [0.1, 0.15) is 0 Å². The summed E-state index contributed by atoms with van der Waals surface area (Å²) in [6.45, 7) is 5.53. The second-order valence-electron chi connectivity index (χ2n) is 6.04. The number of nitrogens with zero attached hydrogens (tertiary/aromatic N) is 1. The van der Waals surface area contributed by atoms with E-state index in [9.17, 15) is 17.6 Å². The van der Waals surface area contributed by atoms with Crippen molar-refractivity contribution in [3.05, 3.63) is 29.6 Å². The van der Waals surface area contributed by atoms with Crippen LogP contribution in [0.2, 0.25) is 0 Å². The number of benzene rings is 1. The Bertz CT molecular complexity index is 526. The van der Waals surface area contributed by atoms with Crippen LogP contribution in [0, 0.1) is 5.82 Å². The number of halogens is 6. The molecule has 1 aromatic carbocycles. The van der Waals surface area contributed by atoms with Gasteiger partial charge in [-0.1, -0.05) is 32.3 Å².